The van der Waals surface area contributed by atoms with Crippen molar-refractivity contribution in [3.63, 3.8) is 0 Å². The van der Waals surface area contributed by atoms with Crippen LogP contribution in [0.15, 0.2) is 48.5 Å². The van der Waals surface area contributed by atoms with E-state index in [2.05, 4.69) is 0 Å². The monoisotopic (exact) mass is 347 g/mol. The highest BCUT2D eigenvalue weighted by atomic mass is 19.1. The van der Waals surface area contributed by atoms with Gasteiger partial charge < -0.3 is 14.7 Å². The lowest BCUT2D eigenvalue weighted by atomic mass is 10.0. The maximum absolute atomic E-state index is 13.5. The topological polar surface area (TPSA) is 49.8 Å². The van der Waals surface area contributed by atoms with E-state index < -0.39 is 6.10 Å². The SMILES string of the molecule is O=C(CCOc1ccc(F)cc1)N1C[C@H](O)C[C@H]1c1cccc(F)c1. The van der Waals surface area contributed by atoms with E-state index in [9.17, 15) is 18.7 Å². The number of halogens is 2. The molecule has 6 heteroatoms. The Balaban J connectivity index is 1.60. The van der Waals surface area contributed by atoms with E-state index in [1.165, 1.54) is 36.4 Å². The second-order valence-electron chi connectivity index (χ2n) is 6.06. The average molecular weight is 347 g/mol. The molecule has 1 fully saturated rings. The van der Waals surface area contributed by atoms with Gasteiger partial charge in [0.25, 0.3) is 0 Å². The molecule has 0 spiro atoms. The summed E-state index contributed by atoms with van der Waals surface area (Å²) >= 11 is 0. The summed E-state index contributed by atoms with van der Waals surface area (Å²) in [4.78, 5) is 14.0. The van der Waals surface area contributed by atoms with E-state index in [-0.39, 0.29) is 43.2 Å². The zero-order chi connectivity index (χ0) is 17.8. The van der Waals surface area contributed by atoms with E-state index >= 15 is 0 Å². The number of amides is 1. The molecule has 1 heterocycles. The van der Waals surface area contributed by atoms with Crippen LogP contribution in [0.25, 0.3) is 0 Å². The van der Waals surface area contributed by atoms with E-state index in [0.717, 1.165) is 0 Å². The van der Waals surface area contributed by atoms with Gasteiger partial charge in [0.2, 0.25) is 5.91 Å². The first kappa shape index (κ1) is 17.4. The first-order valence-electron chi connectivity index (χ1n) is 8.14. The van der Waals surface area contributed by atoms with E-state index in [1.54, 1.807) is 17.0 Å². The zero-order valence-corrected chi connectivity index (χ0v) is 13.6. The summed E-state index contributed by atoms with van der Waals surface area (Å²) in [6.45, 7) is 0.365. The van der Waals surface area contributed by atoms with Crippen molar-refractivity contribution in [1.29, 1.82) is 0 Å². The number of rotatable bonds is 5. The molecule has 2 aromatic carbocycles. The van der Waals surface area contributed by atoms with Crippen LogP contribution in [0.5, 0.6) is 5.75 Å². The van der Waals surface area contributed by atoms with Gasteiger partial charge in [-0.3, -0.25) is 4.79 Å². The third kappa shape index (κ3) is 4.33. The summed E-state index contributed by atoms with van der Waals surface area (Å²) in [5, 5.41) is 9.92. The number of ether oxygens (including phenoxy) is 1. The van der Waals surface area contributed by atoms with E-state index in [4.69, 9.17) is 4.74 Å². The summed E-state index contributed by atoms with van der Waals surface area (Å²) in [7, 11) is 0. The van der Waals surface area contributed by atoms with Crippen LogP contribution in [-0.2, 0) is 4.79 Å². The number of likely N-dealkylation sites (tertiary alicyclic amines) is 1. The standard InChI is InChI=1S/C19H19F2NO3/c20-14-4-6-17(7-5-14)25-9-8-19(24)22-12-16(23)11-18(22)13-2-1-3-15(21)10-13/h1-7,10,16,18,23H,8-9,11-12H2/t16-,18+/m1/s1. The fourth-order valence-corrected chi connectivity index (χ4v) is 3.05. The maximum Gasteiger partial charge on any atom is 0.226 e. The number of carbonyl (C=O) groups is 1. The Morgan fingerprint density at radius 2 is 1.92 bits per heavy atom. The number of aliphatic hydroxyl groups excluding tert-OH is 1. The van der Waals surface area contributed by atoms with Gasteiger partial charge in [-0.1, -0.05) is 12.1 Å². The molecule has 3 rings (SSSR count). The fraction of sp³-hybridized carbons (Fsp3) is 0.316. The minimum atomic E-state index is -0.629. The number of hydrogen-bond acceptors (Lipinski definition) is 3. The third-order valence-corrected chi connectivity index (χ3v) is 4.23. The Bertz CT molecular complexity index is 736. The van der Waals surface area contributed by atoms with E-state index in [1.807, 2.05) is 0 Å². The van der Waals surface area contributed by atoms with Gasteiger partial charge >= 0.3 is 0 Å². The second-order valence-corrected chi connectivity index (χ2v) is 6.06. The minimum Gasteiger partial charge on any atom is -0.493 e. The van der Waals surface area contributed by atoms with Crippen LogP contribution in [0, 0.1) is 11.6 Å². The quantitative estimate of drug-likeness (QED) is 0.904. The number of carbonyl (C=O) groups excluding carboxylic acids is 1. The summed E-state index contributed by atoms with van der Waals surface area (Å²) in [6, 6.07) is 11.3. The molecule has 0 radical (unpaired) electrons. The Hall–Kier alpha value is -2.47. The van der Waals surface area contributed by atoms with Crippen LogP contribution >= 0.6 is 0 Å². The van der Waals surface area contributed by atoms with Crippen LogP contribution in [0.1, 0.15) is 24.4 Å². The van der Waals surface area contributed by atoms with Crippen LogP contribution < -0.4 is 4.74 Å². The van der Waals surface area contributed by atoms with Crippen molar-refractivity contribution >= 4 is 5.91 Å². The molecular weight excluding hydrogens is 328 g/mol. The molecule has 1 aliphatic rings. The normalized spacial score (nSPS) is 19.9. The largest absolute Gasteiger partial charge is 0.493 e. The maximum atomic E-state index is 13.5. The zero-order valence-electron chi connectivity index (χ0n) is 13.6. The predicted octanol–water partition coefficient (Wildman–Crippen LogP) is 3.07. The van der Waals surface area contributed by atoms with Crippen molar-refractivity contribution < 1.29 is 23.4 Å². The third-order valence-electron chi connectivity index (χ3n) is 4.23. The van der Waals surface area contributed by atoms with Gasteiger partial charge in [0.1, 0.15) is 17.4 Å². The molecule has 2 atom stereocenters. The molecule has 1 amide bonds. The van der Waals surface area contributed by atoms with Crippen LogP contribution in [0.4, 0.5) is 8.78 Å². The van der Waals surface area contributed by atoms with Crippen molar-refractivity contribution in [2.24, 2.45) is 0 Å². The summed E-state index contributed by atoms with van der Waals surface area (Å²) in [5.41, 5.74) is 0.671. The molecule has 1 aliphatic heterocycles. The molecular formula is C19H19F2NO3. The molecule has 0 aliphatic carbocycles. The minimum absolute atomic E-state index is 0.121. The van der Waals surface area contributed by atoms with Gasteiger partial charge in [0.15, 0.2) is 0 Å². The lowest BCUT2D eigenvalue weighted by molar-refractivity contribution is -0.133. The van der Waals surface area contributed by atoms with Gasteiger partial charge in [-0.15, -0.1) is 0 Å². The van der Waals surface area contributed by atoms with Gasteiger partial charge in [0, 0.05) is 6.54 Å². The lowest BCUT2D eigenvalue weighted by Gasteiger charge is -2.25. The summed E-state index contributed by atoms with van der Waals surface area (Å²) in [5.74, 6) is -0.413. The molecule has 0 saturated carbocycles. The highest BCUT2D eigenvalue weighted by molar-refractivity contribution is 5.77. The Morgan fingerprint density at radius 3 is 2.64 bits per heavy atom. The Labute approximate surface area is 144 Å². The first-order valence-corrected chi connectivity index (χ1v) is 8.14. The average Bonchev–Trinajstić information content (AvgIpc) is 2.99. The van der Waals surface area contributed by atoms with Crippen LogP contribution in [0.2, 0.25) is 0 Å². The van der Waals surface area contributed by atoms with E-state index in [0.29, 0.717) is 17.7 Å². The Kier molecular flexibility index (Phi) is 5.28. The van der Waals surface area contributed by atoms with Crippen molar-refractivity contribution in [2.75, 3.05) is 13.2 Å². The summed E-state index contributed by atoms with van der Waals surface area (Å²) in [6.07, 6.45) is -0.126. The van der Waals surface area contributed by atoms with Crippen molar-refractivity contribution in [3.05, 3.63) is 65.7 Å². The molecule has 132 valence electrons. The highest BCUT2D eigenvalue weighted by Crippen LogP contribution is 2.33. The molecule has 0 unspecified atom stereocenters. The van der Waals surface area contributed by atoms with Gasteiger partial charge in [-0.25, -0.2) is 8.78 Å². The van der Waals surface area contributed by atoms with Crippen LogP contribution in [0.3, 0.4) is 0 Å². The summed E-state index contributed by atoms with van der Waals surface area (Å²) < 4.78 is 31.7. The number of benzene rings is 2. The molecule has 0 bridgehead atoms. The Morgan fingerprint density at radius 1 is 1.16 bits per heavy atom. The smallest absolute Gasteiger partial charge is 0.226 e. The van der Waals surface area contributed by atoms with Crippen molar-refractivity contribution in [2.45, 2.75) is 25.0 Å². The molecule has 4 nitrogen and oxygen atoms in total. The van der Waals surface area contributed by atoms with Crippen LogP contribution in [-0.4, -0.2) is 35.2 Å². The molecule has 2 aromatic rings. The van der Waals surface area contributed by atoms with Gasteiger partial charge in [-0.2, -0.15) is 0 Å². The van der Waals surface area contributed by atoms with Gasteiger partial charge in [0.05, 0.1) is 25.2 Å². The highest BCUT2D eigenvalue weighted by Gasteiger charge is 2.35. The van der Waals surface area contributed by atoms with Crippen molar-refractivity contribution in [1.82, 2.24) is 4.90 Å². The van der Waals surface area contributed by atoms with Crippen molar-refractivity contribution in [3.8, 4) is 5.75 Å². The first-order chi connectivity index (χ1) is 12.0. The molecule has 1 saturated heterocycles. The number of nitrogens with zero attached hydrogens (tertiary/aromatic N) is 1. The number of β-amino-alcohol motifs (C(OH)–C–C–N with tert-alkyl or cyclic N) is 1. The number of aliphatic hydroxyl groups is 1. The molecule has 1 N–H and O–H groups in total. The molecule has 0 aromatic heterocycles. The fourth-order valence-electron chi connectivity index (χ4n) is 3.05. The van der Waals surface area contributed by atoms with Gasteiger partial charge in [-0.05, 0) is 48.4 Å². The molecule has 25 heavy (non-hydrogen) atoms. The second kappa shape index (κ2) is 7.61. The number of hydrogen-bond donors (Lipinski definition) is 1. The lowest BCUT2D eigenvalue weighted by Crippen LogP contribution is -2.32. The predicted molar refractivity (Wildman–Crippen MR) is 88.0 cm³/mol.